The van der Waals surface area contributed by atoms with Gasteiger partial charge < -0.3 is 10.1 Å². The summed E-state index contributed by atoms with van der Waals surface area (Å²) in [5.41, 5.74) is 0.995. The Morgan fingerprint density at radius 1 is 1.33 bits per heavy atom. The van der Waals surface area contributed by atoms with E-state index in [0.717, 1.165) is 15.9 Å². The number of nitrogens with one attached hydrogen (secondary N) is 1. The van der Waals surface area contributed by atoms with Crippen LogP contribution in [0.1, 0.15) is 26.5 Å². The summed E-state index contributed by atoms with van der Waals surface area (Å²) in [6, 6.07) is 1.88. The fourth-order valence-electron chi connectivity index (χ4n) is 1.61. The van der Waals surface area contributed by atoms with Crippen molar-refractivity contribution in [2.45, 2.75) is 39.4 Å². The van der Waals surface area contributed by atoms with Crippen LogP contribution in [0.25, 0.3) is 0 Å². The normalized spacial score (nSPS) is 11.6. The number of hydrogen-bond donors (Lipinski definition) is 1. The van der Waals surface area contributed by atoms with Gasteiger partial charge in [0.2, 0.25) is 0 Å². The van der Waals surface area contributed by atoms with Crippen LogP contribution in [-0.4, -0.2) is 32.1 Å². The second-order valence-corrected chi connectivity index (χ2v) is 6.68. The highest BCUT2D eigenvalue weighted by Gasteiger charge is 2.10. The third-order valence-electron chi connectivity index (χ3n) is 2.65. The molecule has 0 fully saturated rings. The quantitative estimate of drug-likeness (QED) is 0.863. The fourth-order valence-corrected chi connectivity index (χ4v) is 1.96. The van der Waals surface area contributed by atoms with Gasteiger partial charge in [0.1, 0.15) is 12.4 Å². The monoisotopic (exact) mass is 353 g/mol. The molecule has 1 N–H and O–H groups in total. The van der Waals surface area contributed by atoms with E-state index in [1.807, 2.05) is 12.3 Å². The third kappa shape index (κ3) is 5.81. The fraction of sp³-hybridized carbons (Fsp3) is 0.500. The van der Waals surface area contributed by atoms with Crippen molar-refractivity contribution in [1.29, 1.82) is 0 Å². The molecular formula is C14H20BrN5O. The highest BCUT2D eigenvalue weighted by molar-refractivity contribution is 9.10. The lowest BCUT2D eigenvalue weighted by Gasteiger charge is -2.19. The predicted octanol–water partition coefficient (Wildman–Crippen LogP) is 2.40. The van der Waals surface area contributed by atoms with Crippen LogP contribution in [0.15, 0.2) is 29.1 Å². The first-order valence-corrected chi connectivity index (χ1v) is 7.59. The second-order valence-electron chi connectivity index (χ2n) is 5.76. The van der Waals surface area contributed by atoms with Gasteiger partial charge in [-0.05, 0) is 42.8 Å². The number of rotatable bonds is 6. The van der Waals surface area contributed by atoms with Crippen molar-refractivity contribution < 1.29 is 4.74 Å². The molecule has 2 rings (SSSR count). The molecule has 0 atom stereocenters. The number of nitrogens with zero attached hydrogens (tertiary/aromatic N) is 4. The van der Waals surface area contributed by atoms with Crippen molar-refractivity contribution in [1.82, 2.24) is 25.3 Å². The molecule has 7 heteroatoms. The van der Waals surface area contributed by atoms with Crippen molar-refractivity contribution in [3.63, 3.8) is 0 Å². The molecule has 114 valence electrons. The first-order chi connectivity index (χ1) is 9.92. The minimum atomic E-state index is 0.0700. The number of aromatic nitrogens is 4. The summed E-state index contributed by atoms with van der Waals surface area (Å²) in [5, 5.41) is 11.6. The Kier molecular flexibility index (Phi) is 5.30. The van der Waals surface area contributed by atoms with Crippen molar-refractivity contribution in [3.8, 4) is 5.75 Å². The van der Waals surface area contributed by atoms with Crippen molar-refractivity contribution in [2.24, 2.45) is 0 Å². The van der Waals surface area contributed by atoms with E-state index in [4.69, 9.17) is 4.74 Å². The van der Waals surface area contributed by atoms with E-state index in [-0.39, 0.29) is 5.54 Å². The second kappa shape index (κ2) is 7.00. The lowest BCUT2D eigenvalue weighted by Crippen LogP contribution is -2.35. The molecule has 0 spiro atoms. The van der Waals surface area contributed by atoms with Gasteiger partial charge in [0.05, 0.1) is 18.4 Å². The van der Waals surface area contributed by atoms with Gasteiger partial charge in [-0.2, -0.15) is 0 Å². The number of hydrogen-bond acceptors (Lipinski definition) is 5. The summed E-state index contributed by atoms with van der Waals surface area (Å²) in [5.74, 6) is 0.735. The minimum Gasteiger partial charge on any atom is -0.490 e. The van der Waals surface area contributed by atoms with Crippen LogP contribution in [0.2, 0.25) is 0 Å². The molecule has 2 aromatic rings. The van der Waals surface area contributed by atoms with Gasteiger partial charge in [-0.15, -0.1) is 5.10 Å². The zero-order chi connectivity index (χ0) is 15.3. The Labute approximate surface area is 133 Å². The van der Waals surface area contributed by atoms with E-state index in [9.17, 15) is 0 Å². The van der Waals surface area contributed by atoms with E-state index in [1.165, 1.54) is 0 Å². The number of halogens is 1. The molecule has 0 aliphatic rings. The van der Waals surface area contributed by atoms with Crippen molar-refractivity contribution >= 4 is 15.9 Å². The van der Waals surface area contributed by atoms with Gasteiger partial charge in [0.15, 0.2) is 0 Å². The van der Waals surface area contributed by atoms with Gasteiger partial charge >= 0.3 is 0 Å². The van der Waals surface area contributed by atoms with Gasteiger partial charge in [0, 0.05) is 29.0 Å². The Morgan fingerprint density at radius 3 is 2.86 bits per heavy atom. The number of pyridine rings is 1. The maximum absolute atomic E-state index is 5.62. The molecule has 0 aromatic carbocycles. The molecule has 21 heavy (non-hydrogen) atoms. The van der Waals surface area contributed by atoms with E-state index < -0.39 is 0 Å². The molecule has 0 amide bonds. The van der Waals surface area contributed by atoms with Crippen LogP contribution in [0.5, 0.6) is 5.75 Å². The zero-order valence-corrected chi connectivity index (χ0v) is 14.1. The van der Waals surface area contributed by atoms with Crippen LogP contribution in [0.4, 0.5) is 0 Å². The van der Waals surface area contributed by atoms with E-state index in [2.05, 4.69) is 57.3 Å². The highest BCUT2D eigenvalue weighted by atomic mass is 79.9. The van der Waals surface area contributed by atoms with Gasteiger partial charge in [0.25, 0.3) is 0 Å². The average Bonchev–Trinajstić information content (AvgIpc) is 2.84. The Morgan fingerprint density at radius 2 is 2.14 bits per heavy atom. The van der Waals surface area contributed by atoms with Crippen LogP contribution in [0.3, 0.4) is 0 Å². The molecule has 0 aliphatic heterocycles. The van der Waals surface area contributed by atoms with Gasteiger partial charge in [-0.25, -0.2) is 4.68 Å². The Bertz CT molecular complexity index is 579. The molecular weight excluding hydrogens is 334 g/mol. The summed E-state index contributed by atoms with van der Waals surface area (Å²) in [6.07, 6.45) is 5.34. The lowest BCUT2D eigenvalue weighted by molar-refractivity contribution is 0.288. The highest BCUT2D eigenvalue weighted by Crippen LogP contribution is 2.15. The predicted molar refractivity (Wildman–Crippen MR) is 84.0 cm³/mol. The molecule has 0 aliphatic carbocycles. The molecule has 2 aromatic heterocycles. The summed E-state index contributed by atoms with van der Waals surface area (Å²) in [6.45, 7) is 8.24. The molecule has 0 bridgehead atoms. The standard InChI is InChI=1S/C14H20BrN5O/c1-14(2,3)17-8-12-10-20(19-18-12)4-5-21-13-6-11(15)7-16-9-13/h6-7,9-10,17H,4-5,8H2,1-3H3. The SMILES string of the molecule is CC(C)(C)NCc1cn(CCOc2cncc(Br)c2)nn1. The van der Waals surface area contributed by atoms with Crippen LogP contribution < -0.4 is 10.1 Å². The first kappa shape index (κ1) is 15.9. The average molecular weight is 354 g/mol. The topological polar surface area (TPSA) is 64.9 Å². The van der Waals surface area contributed by atoms with E-state index in [1.54, 1.807) is 17.1 Å². The summed E-state index contributed by atoms with van der Waals surface area (Å²) >= 11 is 3.36. The molecule has 6 nitrogen and oxygen atoms in total. The molecule has 2 heterocycles. The molecule has 0 saturated heterocycles. The lowest BCUT2D eigenvalue weighted by atomic mass is 10.1. The van der Waals surface area contributed by atoms with Crippen LogP contribution in [-0.2, 0) is 13.1 Å². The van der Waals surface area contributed by atoms with E-state index in [0.29, 0.717) is 19.7 Å². The van der Waals surface area contributed by atoms with Crippen LogP contribution >= 0.6 is 15.9 Å². The molecule has 0 unspecified atom stereocenters. The summed E-state index contributed by atoms with van der Waals surface area (Å²) in [7, 11) is 0. The number of ether oxygens (including phenoxy) is 1. The zero-order valence-electron chi connectivity index (χ0n) is 12.5. The van der Waals surface area contributed by atoms with Gasteiger partial charge in [-0.1, -0.05) is 5.21 Å². The summed E-state index contributed by atoms with van der Waals surface area (Å²) in [4.78, 5) is 4.05. The van der Waals surface area contributed by atoms with Crippen molar-refractivity contribution in [3.05, 3.63) is 34.8 Å². The largest absolute Gasteiger partial charge is 0.490 e. The summed E-state index contributed by atoms with van der Waals surface area (Å²) < 4.78 is 8.30. The Hall–Kier alpha value is -1.47. The maximum atomic E-state index is 5.62. The van der Waals surface area contributed by atoms with Gasteiger partial charge in [-0.3, -0.25) is 4.98 Å². The first-order valence-electron chi connectivity index (χ1n) is 6.80. The van der Waals surface area contributed by atoms with Crippen LogP contribution in [0, 0.1) is 0 Å². The smallest absolute Gasteiger partial charge is 0.138 e. The third-order valence-corrected chi connectivity index (χ3v) is 3.09. The van der Waals surface area contributed by atoms with E-state index >= 15 is 0 Å². The Balaban J connectivity index is 1.78. The van der Waals surface area contributed by atoms with Crippen molar-refractivity contribution in [2.75, 3.05) is 6.61 Å². The molecule has 0 saturated carbocycles. The minimum absolute atomic E-state index is 0.0700. The molecule has 0 radical (unpaired) electrons. The maximum Gasteiger partial charge on any atom is 0.138 e.